The number of nitrogens with zero attached hydrogens (tertiary/aromatic N) is 2. The molecule has 0 fully saturated rings. The van der Waals surface area contributed by atoms with Crippen LogP contribution in [0, 0.1) is 5.82 Å². The third-order valence-electron chi connectivity index (χ3n) is 3.99. The van der Waals surface area contributed by atoms with Crippen LogP contribution in [0.25, 0.3) is 10.9 Å². The summed E-state index contributed by atoms with van der Waals surface area (Å²) in [5.41, 5.74) is 0.313. The first-order valence-electron chi connectivity index (χ1n) is 8.31. The molecular weight excluding hydrogens is 373 g/mol. The lowest BCUT2D eigenvalue weighted by Gasteiger charge is -2.20. The Morgan fingerprint density at radius 2 is 2.07 bits per heavy atom. The Morgan fingerprint density at radius 1 is 1.30 bits per heavy atom. The van der Waals surface area contributed by atoms with E-state index in [2.05, 4.69) is 9.97 Å². The van der Waals surface area contributed by atoms with Gasteiger partial charge >= 0.3 is 0 Å². The predicted octanol–water partition coefficient (Wildman–Crippen LogP) is 3.14. The largest absolute Gasteiger partial charge is 0.484 e. The van der Waals surface area contributed by atoms with Crippen LogP contribution >= 0.6 is 11.6 Å². The molecule has 1 N–H and O–H groups in total. The Morgan fingerprint density at radius 3 is 2.81 bits per heavy atom. The minimum Gasteiger partial charge on any atom is -0.484 e. The van der Waals surface area contributed by atoms with Gasteiger partial charge in [-0.15, -0.1) is 0 Å². The molecule has 0 aliphatic heterocycles. The molecule has 0 aliphatic carbocycles. The summed E-state index contributed by atoms with van der Waals surface area (Å²) in [5, 5.41) is 0.414. The highest BCUT2D eigenvalue weighted by Gasteiger charge is 2.15. The fraction of sp³-hybridized carbons (Fsp3) is 0.211. The van der Waals surface area contributed by atoms with E-state index in [1.54, 1.807) is 24.3 Å². The highest BCUT2D eigenvalue weighted by Crippen LogP contribution is 2.21. The second-order valence-corrected chi connectivity index (χ2v) is 6.21. The fourth-order valence-electron chi connectivity index (χ4n) is 2.57. The van der Waals surface area contributed by atoms with Crippen LogP contribution in [0.2, 0.25) is 5.02 Å². The molecule has 0 aliphatic rings. The first-order chi connectivity index (χ1) is 13.0. The Kier molecular flexibility index (Phi) is 5.71. The second-order valence-electron chi connectivity index (χ2n) is 5.80. The normalized spacial score (nSPS) is 10.8. The van der Waals surface area contributed by atoms with E-state index in [4.69, 9.17) is 16.3 Å². The van der Waals surface area contributed by atoms with E-state index in [1.165, 1.54) is 23.1 Å². The zero-order valence-electron chi connectivity index (χ0n) is 14.5. The highest BCUT2D eigenvalue weighted by molar-refractivity contribution is 6.30. The number of ether oxygens (including phenoxy) is 1. The van der Waals surface area contributed by atoms with Crippen molar-refractivity contribution in [1.29, 1.82) is 0 Å². The molecule has 8 heteroatoms. The van der Waals surface area contributed by atoms with E-state index in [1.807, 2.05) is 6.92 Å². The quantitative estimate of drug-likeness (QED) is 0.702. The summed E-state index contributed by atoms with van der Waals surface area (Å²) in [4.78, 5) is 33.2. The van der Waals surface area contributed by atoms with E-state index in [0.29, 0.717) is 29.0 Å². The van der Waals surface area contributed by atoms with Crippen molar-refractivity contribution in [3.8, 4) is 5.75 Å². The number of aromatic amines is 1. The summed E-state index contributed by atoms with van der Waals surface area (Å²) in [6, 6.07) is 10.9. The Hall–Kier alpha value is -2.93. The van der Waals surface area contributed by atoms with Crippen molar-refractivity contribution in [2.24, 2.45) is 0 Å². The van der Waals surface area contributed by atoms with Gasteiger partial charge < -0.3 is 14.6 Å². The van der Waals surface area contributed by atoms with Gasteiger partial charge in [-0.25, -0.2) is 9.37 Å². The van der Waals surface area contributed by atoms with Gasteiger partial charge in [0.05, 0.1) is 22.5 Å². The molecule has 2 aromatic carbocycles. The summed E-state index contributed by atoms with van der Waals surface area (Å²) in [6.45, 7) is 2.12. The van der Waals surface area contributed by atoms with Crippen molar-refractivity contribution in [2.75, 3.05) is 13.2 Å². The number of rotatable bonds is 6. The van der Waals surface area contributed by atoms with Crippen molar-refractivity contribution in [3.05, 3.63) is 69.5 Å². The third-order valence-corrected chi connectivity index (χ3v) is 4.28. The maximum atomic E-state index is 13.2. The lowest BCUT2D eigenvalue weighted by molar-refractivity contribution is -0.133. The molecule has 0 radical (unpaired) electrons. The summed E-state index contributed by atoms with van der Waals surface area (Å²) < 4.78 is 18.6. The van der Waals surface area contributed by atoms with Gasteiger partial charge in [0.1, 0.15) is 17.4 Å². The number of benzene rings is 2. The number of fused-ring (bicyclic) bond motifs is 1. The zero-order chi connectivity index (χ0) is 19.4. The zero-order valence-corrected chi connectivity index (χ0v) is 15.3. The van der Waals surface area contributed by atoms with Crippen LogP contribution in [0.1, 0.15) is 12.7 Å². The average Bonchev–Trinajstić information content (AvgIpc) is 2.67. The lowest BCUT2D eigenvalue weighted by Crippen LogP contribution is -2.35. The van der Waals surface area contributed by atoms with E-state index in [-0.39, 0.29) is 29.6 Å². The fourth-order valence-corrected chi connectivity index (χ4v) is 2.74. The molecule has 27 heavy (non-hydrogen) atoms. The number of halogens is 2. The molecular formula is C19H17ClFN3O3. The van der Waals surface area contributed by atoms with Gasteiger partial charge in [-0.1, -0.05) is 23.7 Å². The molecule has 3 rings (SSSR count). The monoisotopic (exact) mass is 389 g/mol. The molecule has 140 valence electrons. The maximum Gasteiger partial charge on any atom is 0.260 e. The third kappa shape index (κ3) is 4.43. The number of hydrogen-bond acceptors (Lipinski definition) is 4. The molecule has 0 saturated carbocycles. The number of nitrogens with one attached hydrogen (secondary N) is 1. The number of hydrogen-bond donors (Lipinski definition) is 1. The Balaban J connectivity index is 1.70. The van der Waals surface area contributed by atoms with Crippen molar-refractivity contribution in [1.82, 2.24) is 14.9 Å². The van der Waals surface area contributed by atoms with Crippen molar-refractivity contribution < 1.29 is 13.9 Å². The Bertz CT molecular complexity index is 1040. The van der Waals surface area contributed by atoms with E-state index < -0.39 is 5.82 Å². The number of carbonyl (C=O) groups is 1. The van der Waals surface area contributed by atoms with Crippen molar-refractivity contribution in [2.45, 2.75) is 13.5 Å². The molecule has 6 nitrogen and oxygen atoms in total. The number of H-pyrrole nitrogens is 1. The highest BCUT2D eigenvalue weighted by atomic mass is 35.5. The van der Waals surface area contributed by atoms with Gasteiger partial charge in [0.2, 0.25) is 0 Å². The summed E-state index contributed by atoms with van der Waals surface area (Å²) in [5.74, 6) is -0.174. The van der Waals surface area contributed by atoms with E-state index in [9.17, 15) is 14.0 Å². The van der Waals surface area contributed by atoms with Gasteiger partial charge in [0.15, 0.2) is 6.61 Å². The molecule has 0 spiro atoms. The second kappa shape index (κ2) is 8.18. The van der Waals surface area contributed by atoms with Crippen LogP contribution in [0.4, 0.5) is 4.39 Å². The Labute approximate surface area is 159 Å². The van der Waals surface area contributed by atoms with Crippen LogP contribution in [0.3, 0.4) is 0 Å². The topological polar surface area (TPSA) is 75.3 Å². The molecule has 0 bridgehead atoms. The van der Waals surface area contributed by atoms with Crippen LogP contribution in [0.15, 0.2) is 47.3 Å². The standard InChI is InChI=1S/C19H17ClFN3O3/c1-2-24(18(25)11-27-12-7-8-15(21)14(20)9-12)10-17-22-16-6-4-3-5-13(16)19(26)23-17/h3-9H,2,10-11H2,1H3,(H,22,23,26). The SMILES string of the molecule is CCN(Cc1nc2ccccc2c(=O)[nH]1)C(=O)COc1ccc(F)c(Cl)c1. The average molecular weight is 390 g/mol. The first-order valence-corrected chi connectivity index (χ1v) is 8.69. The molecule has 1 amide bonds. The maximum absolute atomic E-state index is 13.2. The number of carbonyl (C=O) groups excluding carboxylic acids is 1. The van der Waals surface area contributed by atoms with Gasteiger partial charge in [-0.05, 0) is 31.2 Å². The van der Waals surface area contributed by atoms with Crippen LogP contribution < -0.4 is 10.3 Å². The molecule has 1 heterocycles. The number of amides is 1. The molecule has 0 unspecified atom stereocenters. The number of para-hydroxylation sites is 1. The number of likely N-dealkylation sites (N-methyl/N-ethyl adjacent to an activating group) is 1. The summed E-state index contributed by atoms with van der Waals surface area (Å²) in [6.07, 6.45) is 0. The van der Waals surface area contributed by atoms with Crippen LogP contribution in [-0.2, 0) is 11.3 Å². The van der Waals surface area contributed by atoms with E-state index in [0.717, 1.165) is 0 Å². The molecule has 3 aromatic rings. The van der Waals surface area contributed by atoms with Crippen molar-refractivity contribution in [3.63, 3.8) is 0 Å². The minimum absolute atomic E-state index is 0.0785. The molecule has 1 aromatic heterocycles. The van der Waals surface area contributed by atoms with Gasteiger partial charge in [0, 0.05) is 12.6 Å². The van der Waals surface area contributed by atoms with Crippen LogP contribution in [-0.4, -0.2) is 33.9 Å². The lowest BCUT2D eigenvalue weighted by atomic mass is 10.2. The van der Waals surface area contributed by atoms with Crippen molar-refractivity contribution >= 4 is 28.4 Å². The minimum atomic E-state index is -0.558. The first kappa shape index (κ1) is 18.8. The van der Waals surface area contributed by atoms with Gasteiger partial charge in [-0.3, -0.25) is 9.59 Å². The number of aromatic nitrogens is 2. The predicted molar refractivity (Wildman–Crippen MR) is 100 cm³/mol. The summed E-state index contributed by atoms with van der Waals surface area (Å²) in [7, 11) is 0. The summed E-state index contributed by atoms with van der Waals surface area (Å²) >= 11 is 5.70. The van der Waals surface area contributed by atoms with E-state index >= 15 is 0 Å². The smallest absolute Gasteiger partial charge is 0.260 e. The molecule has 0 atom stereocenters. The van der Waals surface area contributed by atoms with Gasteiger partial charge in [0.25, 0.3) is 11.5 Å². The molecule has 0 saturated heterocycles. The van der Waals surface area contributed by atoms with Gasteiger partial charge in [-0.2, -0.15) is 0 Å². The van der Waals surface area contributed by atoms with Crippen LogP contribution in [0.5, 0.6) is 5.75 Å².